The highest BCUT2D eigenvalue weighted by atomic mass is 127. The molecule has 3 atom stereocenters. The minimum atomic E-state index is 0.159. The number of halogens is 1. The van der Waals surface area contributed by atoms with Gasteiger partial charge in [-0.2, -0.15) is 0 Å². The van der Waals surface area contributed by atoms with Gasteiger partial charge in [0.25, 0.3) is 0 Å². The molecule has 1 fully saturated rings. The number of aryl methyl sites for hydroxylation is 1. The smallest absolute Gasteiger partial charge is 0.174 e. The van der Waals surface area contributed by atoms with E-state index in [2.05, 4.69) is 65.2 Å². The second-order valence-electron chi connectivity index (χ2n) is 6.69. The van der Waals surface area contributed by atoms with E-state index in [-0.39, 0.29) is 12.1 Å². The fourth-order valence-corrected chi connectivity index (χ4v) is 4.89. The molecule has 25 heavy (non-hydrogen) atoms. The Balaban J connectivity index is 1.78. The molecule has 5 heteroatoms. The Labute approximate surface area is 162 Å². The number of fused-ring (bicyclic) bond motifs is 3. The minimum Gasteiger partial charge on any atom is -0.493 e. The predicted octanol–water partition coefficient (Wildman–Crippen LogP) is 4.86. The molecule has 0 spiro atoms. The molecule has 0 radical (unpaired) electrons. The quantitative estimate of drug-likeness (QED) is 0.677. The molecule has 0 bridgehead atoms. The van der Waals surface area contributed by atoms with Gasteiger partial charge in [0.2, 0.25) is 0 Å². The lowest BCUT2D eigenvalue weighted by Crippen LogP contribution is -2.29. The Kier molecular flexibility index (Phi) is 4.54. The van der Waals surface area contributed by atoms with Gasteiger partial charge >= 0.3 is 0 Å². The number of benzene rings is 2. The molecule has 0 aromatic heterocycles. The van der Waals surface area contributed by atoms with Crippen molar-refractivity contribution in [3.8, 4) is 11.5 Å². The van der Waals surface area contributed by atoms with Crippen LogP contribution in [0.5, 0.6) is 11.5 Å². The van der Waals surface area contributed by atoms with Crippen molar-refractivity contribution >= 4 is 28.3 Å². The van der Waals surface area contributed by atoms with Crippen LogP contribution in [0, 0.1) is 16.4 Å². The van der Waals surface area contributed by atoms with Crippen molar-refractivity contribution in [2.24, 2.45) is 5.92 Å². The Hall–Kier alpha value is -1.47. The summed E-state index contributed by atoms with van der Waals surface area (Å²) in [6.45, 7) is 2.94. The fourth-order valence-electron chi connectivity index (χ4n) is 4.04. The molecule has 4 nitrogen and oxygen atoms in total. The first-order valence-corrected chi connectivity index (χ1v) is 9.60. The first kappa shape index (κ1) is 17.0. The third-order valence-corrected chi connectivity index (χ3v) is 6.01. The van der Waals surface area contributed by atoms with E-state index in [0.29, 0.717) is 5.92 Å². The van der Waals surface area contributed by atoms with Crippen molar-refractivity contribution in [3.05, 3.63) is 50.6 Å². The third kappa shape index (κ3) is 2.87. The Bertz CT molecular complexity index is 808. The molecule has 2 aromatic rings. The molecule has 132 valence electrons. The van der Waals surface area contributed by atoms with E-state index in [9.17, 15) is 0 Å². The van der Waals surface area contributed by atoms with Crippen molar-refractivity contribution in [1.29, 1.82) is 0 Å². The van der Waals surface area contributed by atoms with Crippen LogP contribution in [0.2, 0.25) is 0 Å². The van der Waals surface area contributed by atoms with E-state index in [1.165, 1.54) is 22.4 Å². The average molecular weight is 451 g/mol. The van der Waals surface area contributed by atoms with E-state index < -0.39 is 0 Å². The zero-order valence-electron chi connectivity index (χ0n) is 14.6. The van der Waals surface area contributed by atoms with Gasteiger partial charge in [0.15, 0.2) is 11.5 Å². The number of methoxy groups -OCH3 is 2. The van der Waals surface area contributed by atoms with Gasteiger partial charge in [0.05, 0.1) is 29.9 Å². The van der Waals surface area contributed by atoms with Crippen molar-refractivity contribution in [3.63, 3.8) is 0 Å². The standard InChI is InChI=1S/C20H22INO3/c1-11-4-5-16-14(8-11)19-13(6-7-25-19)18(22-16)12-9-15(21)20(24-3)17(10-12)23-2/h4-5,8-10,13,18-19,22H,6-7H2,1-3H3/t13-,18?,19-/m0/s1. The van der Waals surface area contributed by atoms with Crippen molar-refractivity contribution < 1.29 is 14.2 Å². The molecule has 0 amide bonds. The van der Waals surface area contributed by atoms with Crippen LogP contribution in [0.1, 0.15) is 35.3 Å². The van der Waals surface area contributed by atoms with Crippen LogP contribution >= 0.6 is 22.6 Å². The van der Waals surface area contributed by atoms with Gasteiger partial charge in [-0.15, -0.1) is 0 Å². The summed E-state index contributed by atoms with van der Waals surface area (Å²) in [6.07, 6.45) is 1.22. The molecule has 1 N–H and O–H groups in total. The van der Waals surface area contributed by atoms with Crippen LogP contribution in [0.4, 0.5) is 5.69 Å². The summed E-state index contributed by atoms with van der Waals surface area (Å²) in [4.78, 5) is 0. The van der Waals surface area contributed by atoms with E-state index in [1.807, 2.05) is 0 Å². The fraction of sp³-hybridized carbons (Fsp3) is 0.400. The number of ether oxygens (including phenoxy) is 3. The molecule has 2 heterocycles. The SMILES string of the molecule is COc1cc(C2Nc3ccc(C)cc3[C@H]3OCC[C@@H]23)cc(I)c1OC. The lowest BCUT2D eigenvalue weighted by Gasteiger charge is -2.37. The summed E-state index contributed by atoms with van der Waals surface area (Å²) in [6, 6.07) is 11.1. The largest absolute Gasteiger partial charge is 0.493 e. The zero-order valence-corrected chi connectivity index (χ0v) is 16.8. The summed E-state index contributed by atoms with van der Waals surface area (Å²) in [5, 5.41) is 3.75. The summed E-state index contributed by atoms with van der Waals surface area (Å²) in [7, 11) is 3.36. The first-order chi connectivity index (χ1) is 12.1. The van der Waals surface area contributed by atoms with Gasteiger partial charge in [-0.25, -0.2) is 0 Å². The van der Waals surface area contributed by atoms with Gasteiger partial charge in [-0.1, -0.05) is 17.7 Å². The number of nitrogens with one attached hydrogen (secondary N) is 1. The maximum Gasteiger partial charge on any atom is 0.174 e. The molecular weight excluding hydrogens is 429 g/mol. The monoisotopic (exact) mass is 451 g/mol. The van der Waals surface area contributed by atoms with Gasteiger partial charge in [-0.3, -0.25) is 0 Å². The molecular formula is C20H22INO3. The zero-order chi connectivity index (χ0) is 17.6. The topological polar surface area (TPSA) is 39.7 Å². The second-order valence-corrected chi connectivity index (χ2v) is 7.86. The molecule has 0 saturated carbocycles. The Morgan fingerprint density at radius 2 is 2.00 bits per heavy atom. The predicted molar refractivity (Wildman–Crippen MR) is 107 cm³/mol. The Morgan fingerprint density at radius 3 is 2.76 bits per heavy atom. The van der Waals surface area contributed by atoms with Gasteiger partial charge in [0.1, 0.15) is 0 Å². The van der Waals surface area contributed by atoms with Crippen LogP contribution < -0.4 is 14.8 Å². The highest BCUT2D eigenvalue weighted by molar-refractivity contribution is 14.1. The summed E-state index contributed by atoms with van der Waals surface area (Å²) < 4.78 is 18.2. The van der Waals surface area contributed by atoms with Crippen molar-refractivity contribution in [2.45, 2.75) is 25.5 Å². The van der Waals surface area contributed by atoms with Gasteiger partial charge in [-0.05, 0) is 59.7 Å². The van der Waals surface area contributed by atoms with E-state index >= 15 is 0 Å². The number of rotatable bonds is 3. The normalized spacial score (nSPS) is 24.2. The van der Waals surface area contributed by atoms with Crippen LogP contribution in [-0.2, 0) is 4.74 Å². The molecule has 2 aromatic carbocycles. The maximum absolute atomic E-state index is 6.12. The number of hydrogen-bond acceptors (Lipinski definition) is 4. The second kappa shape index (κ2) is 6.68. The summed E-state index contributed by atoms with van der Waals surface area (Å²) in [5.74, 6) is 1.98. The van der Waals surface area contributed by atoms with Gasteiger partial charge < -0.3 is 19.5 Å². The molecule has 0 aliphatic carbocycles. The van der Waals surface area contributed by atoms with Crippen LogP contribution in [0.25, 0.3) is 0 Å². The Morgan fingerprint density at radius 1 is 1.16 bits per heavy atom. The van der Waals surface area contributed by atoms with Crippen molar-refractivity contribution in [1.82, 2.24) is 0 Å². The van der Waals surface area contributed by atoms with Crippen molar-refractivity contribution in [2.75, 3.05) is 26.1 Å². The number of anilines is 1. The summed E-state index contributed by atoms with van der Waals surface area (Å²) in [5.41, 5.74) is 4.94. The van der Waals surface area contributed by atoms with E-state index in [4.69, 9.17) is 14.2 Å². The van der Waals surface area contributed by atoms with Gasteiger partial charge in [0, 0.05) is 23.8 Å². The molecule has 2 aliphatic heterocycles. The van der Waals surface area contributed by atoms with Crippen LogP contribution in [-0.4, -0.2) is 20.8 Å². The molecule has 4 rings (SSSR count). The highest BCUT2D eigenvalue weighted by Crippen LogP contribution is 2.51. The minimum absolute atomic E-state index is 0.159. The lowest BCUT2D eigenvalue weighted by molar-refractivity contribution is 0.0828. The van der Waals surface area contributed by atoms with E-state index in [0.717, 1.165) is 28.1 Å². The van der Waals surface area contributed by atoms with Crippen LogP contribution in [0.15, 0.2) is 30.3 Å². The third-order valence-electron chi connectivity index (χ3n) is 5.21. The van der Waals surface area contributed by atoms with Crippen LogP contribution in [0.3, 0.4) is 0 Å². The maximum atomic E-state index is 6.12. The molecule has 1 unspecified atom stereocenters. The van der Waals surface area contributed by atoms with E-state index in [1.54, 1.807) is 14.2 Å². The lowest BCUT2D eigenvalue weighted by atomic mass is 9.80. The summed E-state index contributed by atoms with van der Waals surface area (Å²) >= 11 is 2.31. The first-order valence-electron chi connectivity index (χ1n) is 8.52. The molecule has 2 aliphatic rings. The average Bonchev–Trinajstić information content (AvgIpc) is 3.10. The number of hydrogen-bond donors (Lipinski definition) is 1. The highest BCUT2D eigenvalue weighted by Gasteiger charge is 2.41. The molecule has 1 saturated heterocycles.